The lowest BCUT2D eigenvalue weighted by Gasteiger charge is -2.41. The van der Waals surface area contributed by atoms with Crippen LogP contribution in [0.3, 0.4) is 0 Å². The number of rotatable bonds is 4. The smallest absolute Gasteiger partial charge is 0.185 e. The largest absolute Gasteiger partial charge is 0.370 e. The van der Waals surface area contributed by atoms with Crippen LogP contribution in [0.5, 0.6) is 0 Å². The maximum absolute atomic E-state index is 7.09. The number of hydrogen-bond acceptors (Lipinski definition) is 1. The summed E-state index contributed by atoms with van der Waals surface area (Å²) in [6.45, 7) is 14.6. The number of nitrogens with two attached hydrogens (primary N) is 1. The van der Waals surface area contributed by atoms with E-state index in [-0.39, 0.29) is 5.96 Å². The molecule has 0 amide bonds. The number of nitrogens with one attached hydrogen (secondary N) is 2. The predicted octanol–water partition coefficient (Wildman–Crippen LogP) is 2.96. The van der Waals surface area contributed by atoms with E-state index in [2.05, 4.69) is 46.9 Å². The minimum Gasteiger partial charge on any atom is -0.370 e. The van der Waals surface area contributed by atoms with Crippen molar-refractivity contribution in [3.8, 4) is 0 Å². The molecule has 0 atom stereocenters. The molecule has 0 fully saturated rings. The molecular formula is C13H29N3. The minimum absolute atomic E-state index is 0.0723. The van der Waals surface area contributed by atoms with Gasteiger partial charge >= 0.3 is 0 Å². The average Bonchev–Trinajstić information content (AvgIpc) is 1.97. The Kier molecular flexibility index (Phi) is 5.30. The van der Waals surface area contributed by atoms with Crippen LogP contribution in [0.15, 0.2) is 0 Å². The Morgan fingerprint density at radius 1 is 1.12 bits per heavy atom. The second-order valence-electron chi connectivity index (χ2n) is 6.77. The summed E-state index contributed by atoms with van der Waals surface area (Å²) in [5, 5.41) is 9.96. The van der Waals surface area contributed by atoms with Gasteiger partial charge in [0.05, 0.1) is 0 Å². The lowest BCUT2D eigenvalue weighted by molar-refractivity contribution is 0.0910. The topological polar surface area (TPSA) is 61.9 Å². The van der Waals surface area contributed by atoms with Gasteiger partial charge in [0.25, 0.3) is 0 Å². The van der Waals surface area contributed by atoms with Crippen LogP contribution >= 0.6 is 0 Å². The SMILES string of the molecule is CC(C)(C)C(CCCNC(=N)N)C(C)(C)C. The molecule has 0 bridgehead atoms. The third-order valence-electron chi connectivity index (χ3n) is 3.08. The number of hydrogen-bond donors (Lipinski definition) is 3. The lowest BCUT2D eigenvalue weighted by Crippen LogP contribution is -2.35. The van der Waals surface area contributed by atoms with Gasteiger partial charge in [0, 0.05) is 6.54 Å². The number of guanidine groups is 1. The fraction of sp³-hybridized carbons (Fsp3) is 0.923. The Hall–Kier alpha value is -0.730. The summed E-state index contributed by atoms with van der Waals surface area (Å²) >= 11 is 0. The first-order valence-corrected chi connectivity index (χ1v) is 6.13. The molecule has 3 heteroatoms. The van der Waals surface area contributed by atoms with Crippen molar-refractivity contribution in [1.29, 1.82) is 5.41 Å². The van der Waals surface area contributed by atoms with Crippen molar-refractivity contribution in [3.63, 3.8) is 0 Å². The van der Waals surface area contributed by atoms with Crippen LogP contribution in [-0.2, 0) is 0 Å². The van der Waals surface area contributed by atoms with E-state index in [0.717, 1.165) is 13.0 Å². The molecule has 0 aromatic carbocycles. The Balaban J connectivity index is 4.21. The summed E-state index contributed by atoms with van der Waals surface area (Å²) in [6, 6.07) is 0. The van der Waals surface area contributed by atoms with Gasteiger partial charge in [-0.2, -0.15) is 0 Å². The summed E-state index contributed by atoms with van der Waals surface area (Å²) in [5.74, 6) is 0.747. The summed E-state index contributed by atoms with van der Waals surface area (Å²) in [6.07, 6.45) is 2.24. The molecule has 0 aliphatic rings. The van der Waals surface area contributed by atoms with Crippen molar-refractivity contribution in [2.75, 3.05) is 6.54 Å². The third kappa shape index (κ3) is 5.99. The van der Waals surface area contributed by atoms with E-state index < -0.39 is 0 Å². The van der Waals surface area contributed by atoms with E-state index in [1.54, 1.807) is 0 Å². The fourth-order valence-electron chi connectivity index (χ4n) is 2.69. The Labute approximate surface area is 101 Å². The van der Waals surface area contributed by atoms with Gasteiger partial charge in [0.1, 0.15) is 0 Å². The highest BCUT2D eigenvalue weighted by molar-refractivity contribution is 5.74. The zero-order valence-electron chi connectivity index (χ0n) is 11.8. The molecule has 16 heavy (non-hydrogen) atoms. The second kappa shape index (κ2) is 5.55. The summed E-state index contributed by atoms with van der Waals surface area (Å²) in [7, 11) is 0. The Morgan fingerprint density at radius 3 is 1.88 bits per heavy atom. The quantitative estimate of drug-likeness (QED) is 0.393. The van der Waals surface area contributed by atoms with Gasteiger partial charge < -0.3 is 11.1 Å². The first-order valence-electron chi connectivity index (χ1n) is 6.13. The molecule has 0 saturated heterocycles. The highest BCUT2D eigenvalue weighted by atomic mass is 15.0. The summed E-state index contributed by atoms with van der Waals surface area (Å²) < 4.78 is 0. The standard InChI is InChI=1S/C13H29N3/c1-12(2,3)10(13(4,5)6)8-7-9-16-11(14)15/h10H,7-9H2,1-6H3,(H4,14,15,16). The maximum Gasteiger partial charge on any atom is 0.185 e. The Bertz CT molecular complexity index is 206. The van der Waals surface area contributed by atoms with Crippen molar-refractivity contribution in [3.05, 3.63) is 0 Å². The van der Waals surface area contributed by atoms with Crippen LogP contribution in [-0.4, -0.2) is 12.5 Å². The van der Waals surface area contributed by atoms with Crippen molar-refractivity contribution in [2.45, 2.75) is 54.4 Å². The molecule has 0 saturated carbocycles. The minimum atomic E-state index is 0.0723. The first-order chi connectivity index (χ1) is 7.05. The summed E-state index contributed by atoms with van der Waals surface area (Å²) in [5.41, 5.74) is 5.91. The van der Waals surface area contributed by atoms with Gasteiger partial charge in [-0.3, -0.25) is 5.41 Å². The van der Waals surface area contributed by atoms with Gasteiger partial charge in [0.2, 0.25) is 0 Å². The fourth-order valence-corrected chi connectivity index (χ4v) is 2.69. The van der Waals surface area contributed by atoms with Crippen LogP contribution in [0, 0.1) is 22.2 Å². The molecule has 0 aromatic rings. The van der Waals surface area contributed by atoms with Crippen molar-refractivity contribution in [1.82, 2.24) is 5.32 Å². The van der Waals surface area contributed by atoms with Gasteiger partial charge in [-0.15, -0.1) is 0 Å². The van der Waals surface area contributed by atoms with Gasteiger partial charge in [-0.05, 0) is 29.6 Å². The van der Waals surface area contributed by atoms with Crippen LogP contribution in [0.2, 0.25) is 0 Å². The molecule has 0 aromatic heterocycles. The highest BCUT2D eigenvalue weighted by Gasteiger charge is 2.33. The zero-order valence-corrected chi connectivity index (χ0v) is 11.8. The molecule has 0 aliphatic carbocycles. The molecule has 0 rings (SSSR count). The van der Waals surface area contributed by atoms with Crippen molar-refractivity contribution < 1.29 is 0 Å². The normalized spacial score (nSPS) is 12.9. The van der Waals surface area contributed by atoms with Gasteiger partial charge in [-0.25, -0.2) is 0 Å². The monoisotopic (exact) mass is 227 g/mol. The molecule has 0 radical (unpaired) electrons. The molecule has 4 N–H and O–H groups in total. The van der Waals surface area contributed by atoms with E-state index in [1.165, 1.54) is 6.42 Å². The maximum atomic E-state index is 7.09. The molecule has 96 valence electrons. The van der Waals surface area contributed by atoms with Crippen molar-refractivity contribution >= 4 is 5.96 Å². The molecule has 3 nitrogen and oxygen atoms in total. The highest BCUT2D eigenvalue weighted by Crippen LogP contribution is 2.42. The van der Waals surface area contributed by atoms with Crippen LogP contribution in [0.4, 0.5) is 0 Å². The van der Waals surface area contributed by atoms with E-state index >= 15 is 0 Å². The summed E-state index contributed by atoms with van der Waals surface area (Å²) in [4.78, 5) is 0. The first kappa shape index (κ1) is 15.3. The lowest BCUT2D eigenvalue weighted by atomic mass is 9.65. The third-order valence-corrected chi connectivity index (χ3v) is 3.08. The van der Waals surface area contributed by atoms with Crippen molar-refractivity contribution in [2.24, 2.45) is 22.5 Å². The van der Waals surface area contributed by atoms with E-state index in [0.29, 0.717) is 16.7 Å². The molecule has 0 aliphatic heterocycles. The average molecular weight is 227 g/mol. The Morgan fingerprint density at radius 2 is 1.56 bits per heavy atom. The van der Waals surface area contributed by atoms with Crippen LogP contribution in [0.1, 0.15) is 54.4 Å². The molecule has 0 heterocycles. The van der Waals surface area contributed by atoms with Crippen LogP contribution < -0.4 is 11.1 Å². The second-order valence-corrected chi connectivity index (χ2v) is 6.77. The van der Waals surface area contributed by atoms with Gasteiger partial charge in [-0.1, -0.05) is 41.5 Å². The zero-order chi connectivity index (χ0) is 13.0. The van der Waals surface area contributed by atoms with E-state index in [1.807, 2.05) is 0 Å². The van der Waals surface area contributed by atoms with Gasteiger partial charge in [0.15, 0.2) is 5.96 Å². The molecule has 0 unspecified atom stereocenters. The molecular weight excluding hydrogens is 198 g/mol. The predicted molar refractivity (Wildman–Crippen MR) is 71.6 cm³/mol. The molecule has 0 spiro atoms. The van der Waals surface area contributed by atoms with Crippen LogP contribution in [0.25, 0.3) is 0 Å². The van der Waals surface area contributed by atoms with E-state index in [9.17, 15) is 0 Å². The van der Waals surface area contributed by atoms with E-state index in [4.69, 9.17) is 11.1 Å².